The van der Waals surface area contributed by atoms with E-state index in [1.165, 1.54) is 23.1 Å². The van der Waals surface area contributed by atoms with Crippen LogP contribution in [0.3, 0.4) is 0 Å². The summed E-state index contributed by atoms with van der Waals surface area (Å²) in [5.74, 6) is -0.487. The summed E-state index contributed by atoms with van der Waals surface area (Å²) in [6.07, 6.45) is 0.0338. The zero-order valence-electron chi connectivity index (χ0n) is 11.4. The van der Waals surface area contributed by atoms with Gasteiger partial charge in [-0.3, -0.25) is 9.59 Å². The number of hydrogen-bond donors (Lipinski definition) is 2. The van der Waals surface area contributed by atoms with Gasteiger partial charge in [0.1, 0.15) is 4.83 Å². The van der Waals surface area contributed by atoms with Crippen molar-refractivity contribution in [2.75, 3.05) is 5.75 Å². The molecule has 0 aliphatic carbocycles. The van der Waals surface area contributed by atoms with Gasteiger partial charge >= 0.3 is 5.97 Å². The number of carboxylic acids is 1. The Morgan fingerprint density at radius 3 is 2.82 bits per heavy atom. The highest BCUT2D eigenvalue weighted by Crippen LogP contribution is 2.31. The summed E-state index contributed by atoms with van der Waals surface area (Å²) in [6.45, 7) is 0. The van der Waals surface area contributed by atoms with Gasteiger partial charge in [0.15, 0.2) is 5.16 Å². The molecule has 2 N–H and O–H groups in total. The monoisotopic (exact) mass is 332 g/mol. The highest BCUT2D eigenvalue weighted by atomic mass is 32.2. The zero-order valence-corrected chi connectivity index (χ0v) is 13.0. The van der Waals surface area contributed by atoms with E-state index in [1.807, 2.05) is 36.4 Å². The number of thioether (sulfide) groups is 1. The van der Waals surface area contributed by atoms with Crippen LogP contribution in [0.1, 0.15) is 6.42 Å². The molecule has 0 amide bonds. The molecule has 0 fully saturated rings. The van der Waals surface area contributed by atoms with Crippen LogP contribution in [0, 0.1) is 0 Å². The molecule has 3 aromatic rings. The van der Waals surface area contributed by atoms with Crippen LogP contribution >= 0.6 is 23.1 Å². The Morgan fingerprint density at radius 1 is 1.32 bits per heavy atom. The number of carbonyl (C=O) groups is 1. The van der Waals surface area contributed by atoms with E-state index < -0.39 is 5.97 Å². The maximum atomic E-state index is 12.1. The quantitative estimate of drug-likeness (QED) is 0.554. The Bertz CT molecular complexity index is 871. The summed E-state index contributed by atoms with van der Waals surface area (Å²) in [5.41, 5.74) is 0.853. The van der Waals surface area contributed by atoms with E-state index in [4.69, 9.17) is 5.11 Å². The smallest absolute Gasteiger partial charge is 0.304 e. The van der Waals surface area contributed by atoms with E-state index in [0.29, 0.717) is 21.1 Å². The number of fused-ring (bicyclic) bond motifs is 1. The fourth-order valence-electron chi connectivity index (χ4n) is 1.96. The predicted molar refractivity (Wildman–Crippen MR) is 88.7 cm³/mol. The minimum Gasteiger partial charge on any atom is -0.481 e. The number of aliphatic carboxylic acids is 1. The molecular formula is C15H12N2O3S2. The molecule has 0 saturated carbocycles. The standard InChI is InChI=1S/C15H12N2O3S2/c18-12(19)6-7-21-15-16-13(20)10-8-11(22-14(10)17-15)9-4-2-1-3-5-9/h1-5,8H,6-7H2,(H,18,19)(H,16,17,20). The van der Waals surface area contributed by atoms with Crippen molar-refractivity contribution in [3.63, 3.8) is 0 Å². The second kappa shape index (κ2) is 6.33. The summed E-state index contributed by atoms with van der Waals surface area (Å²) in [7, 11) is 0. The molecule has 7 heteroatoms. The molecule has 0 bridgehead atoms. The van der Waals surface area contributed by atoms with Crippen molar-refractivity contribution in [3.8, 4) is 10.4 Å². The summed E-state index contributed by atoms with van der Waals surface area (Å²) in [4.78, 5) is 31.4. The first kappa shape index (κ1) is 14.8. The van der Waals surface area contributed by atoms with E-state index in [0.717, 1.165) is 10.4 Å². The third kappa shape index (κ3) is 3.20. The highest BCUT2D eigenvalue weighted by molar-refractivity contribution is 7.99. The predicted octanol–water partition coefficient (Wildman–Crippen LogP) is 3.22. The Balaban J connectivity index is 1.93. The summed E-state index contributed by atoms with van der Waals surface area (Å²) >= 11 is 2.70. The fraction of sp³-hybridized carbons (Fsp3) is 0.133. The number of thiophene rings is 1. The number of benzene rings is 1. The third-order valence-corrected chi connectivity index (χ3v) is 4.95. The molecule has 0 saturated heterocycles. The molecule has 22 heavy (non-hydrogen) atoms. The van der Waals surface area contributed by atoms with E-state index in [2.05, 4.69) is 9.97 Å². The third-order valence-electron chi connectivity index (χ3n) is 2.99. The normalized spacial score (nSPS) is 10.9. The molecule has 3 rings (SSSR count). The number of carboxylic acid groups (broad SMARTS) is 1. The van der Waals surface area contributed by atoms with Gasteiger partial charge in [0.25, 0.3) is 5.56 Å². The maximum absolute atomic E-state index is 12.1. The van der Waals surface area contributed by atoms with Crippen LogP contribution in [-0.2, 0) is 4.79 Å². The van der Waals surface area contributed by atoms with Crippen LogP contribution in [0.4, 0.5) is 0 Å². The molecule has 0 aliphatic rings. The van der Waals surface area contributed by atoms with Gasteiger partial charge < -0.3 is 10.1 Å². The van der Waals surface area contributed by atoms with E-state index in [-0.39, 0.29) is 12.0 Å². The van der Waals surface area contributed by atoms with E-state index in [9.17, 15) is 9.59 Å². The van der Waals surface area contributed by atoms with Crippen molar-refractivity contribution in [1.82, 2.24) is 9.97 Å². The SMILES string of the molecule is O=C(O)CCSc1nc2sc(-c3ccccc3)cc2c(=O)[nH]1. The number of hydrogen-bond acceptors (Lipinski definition) is 5. The first-order chi connectivity index (χ1) is 10.6. The van der Waals surface area contributed by atoms with Gasteiger partial charge in [0.05, 0.1) is 11.8 Å². The Labute approximate surface area is 134 Å². The van der Waals surface area contributed by atoms with E-state index >= 15 is 0 Å². The van der Waals surface area contributed by atoms with Crippen molar-refractivity contribution in [2.45, 2.75) is 11.6 Å². The van der Waals surface area contributed by atoms with Gasteiger partial charge in [-0.1, -0.05) is 42.1 Å². The molecule has 0 unspecified atom stereocenters. The van der Waals surface area contributed by atoms with Gasteiger partial charge in [-0.2, -0.15) is 0 Å². The minimum absolute atomic E-state index is 0.0338. The largest absolute Gasteiger partial charge is 0.481 e. The number of nitrogens with one attached hydrogen (secondary N) is 1. The molecule has 2 aromatic heterocycles. The van der Waals surface area contributed by atoms with Crippen LogP contribution < -0.4 is 5.56 Å². The van der Waals surface area contributed by atoms with Crippen LogP contribution in [0.15, 0.2) is 46.3 Å². The van der Waals surface area contributed by atoms with Crippen LogP contribution in [0.5, 0.6) is 0 Å². The average molecular weight is 332 g/mol. The summed E-state index contributed by atoms with van der Waals surface area (Å²) < 4.78 is 0. The summed E-state index contributed by atoms with van der Waals surface area (Å²) in [6, 6.07) is 11.7. The lowest BCUT2D eigenvalue weighted by molar-refractivity contribution is -0.136. The number of aromatic amines is 1. The molecule has 0 spiro atoms. The van der Waals surface area contributed by atoms with Crippen molar-refractivity contribution in [2.24, 2.45) is 0 Å². The lowest BCUT2D eigenvalue weighted by atomic mass is 10.2. The molecule has 2 heterocycles. The molecule has 0 radical (unpaired) electrons. The first-order valence-corrected chi connectivity index (χ1v) is 8.37. The second-order valence-corrected chi connectivity index (χ2v) is 6.67. The van der Waals surface area contributed by atoms with Crippen LogP contribution in [0.25, 0.3) is 20.7 Å². The number of aromatic nitrogens is 2. The molecular weight excluding hydrogens is 320 g/mol. The Kier molecular flexibility index (Phi) is 4.26. The van der Waals surface area contributed by atoms with Gasteiger partial charge in [0.2, 0.25) is 0 Å². The van der Waals surface area contributed by atoms with Gasteiger partial charge in [-0.15, -0.1) is 11.3 Å². The lowest BCUT2D eigenvalue weighted by Gasteiger charge is -1.98. The number of nitrogens with zero attached hydrogens (tertiary/aromatic N) is 1. The average Bonchev–Trinajstić information content (AvgIpc) is 2.92. The van der Waals surface area contributed by atoms with Crippen LogP contribution in [0.2, 0.25) is 0 Å². The minimum atomic E-state index is -0.863. The molecule has 112 valence electrons. The fourth-order valence-corrected chi connectivity index (χ4v) is 3.85. The lowest BCUT2D eigenvalue weighted by Crippen LogP contribution is -2.08. The highest BCUT2D eigenvalue weighted by Gasteiger charge is 2.10. The Hall–Kier alpha value is -2.12. The maximum Gasteiger partial charge on any atom is 0.304 e. The number of H-pyrrole nitrogens is 1. The molecule has 0 atom stereocenters. The van der Waals surface area contributed by atoms with Crippen molar-refractivity contribution in [1.29, 1.82) is 0 Å². The van der Waals surface area contributed by atoms with Gasteiger partial charge in [-0.05, 0) is 11.6 Å². The number of rotatable bonds is 5. The van der Waals surface area contributed by atoms with Crippen molar-refractivity contribution < 1.29 is 9.90 Å². The van der Waals surface area contributed by atoms with Gasteiger partial charge in [0, 0.05) is 10.6 Å². The second-order valence-electron chi connectivity index (χ2n) is 4.56. The Morgan fingerprint density at radius 2 is 2.09 bits per heavy atom. The topological polar surface area (TPSA) is 83.0 Å². The molecule has 1 aromatic carbocycles. The summed E-state index contributed by atoms with van der Waals surface area (Å²) in [5, 5.41) is 9.66. The van der Waals surface area contributed by atoms with E-state index in [1.54, 1.807) is 0 Å². The molecule has 0 aliphatic heterocycles. The molecule has 5 nitrogen and oxygen atoms in total. The van der Waals surface area contributed by atoms with Crippen molar-refractivity contribution >= 4 is 39.3 Å². The van der Waals surface area contributed by atoms with Crippen molar-refractivity contribution in [3.05, 3.63) is 46.8 Å². The zero-order chi connectivity index (χ0) is 15.5. The first-order valence-electron chi connectivity index (χ1n) is 6.57. The van der Waals surface area contributed by atoms with Crippen LogP contribution in [-0.4, -0.2) is 26.8 Å². The van der Waals surface area contributed by atoms with Gasteiger partial charge in [-0.25, -0.2) is 4.98 Å².